The molecule has 2 rings (SSSR count). The summed E-state index contributed by atoms with van der Waals surface area (Å²) in [4.78, 5) is 11.3. The molecule has 0 bridgehead atoms. The number of amides is 1. The van der Waals surface area contributed by atoms with E-state index in [4.69, 9.17) is 11.6 Å². The van der Waals surface area contributed by atoms with Gasteiger partial charge in [-0.25, -0.2) is 8.42 Å². The maximum absolute atomic E-state index is 12.2. The van der Waals surface area contributed by atoms with Gasteiger partial charge >= 0.3 is 0 Å². The van der Waals surface area contributed by atoms with E-state index in [1.165, 1.54) is 12.1 Å². The zero-order chi connectivity index (χ0) is 12.5. The second kappa shape index (κ2) is 4.64. The maximum Gasteiger partial charge on any atom is 0.243 e. The van der Waals surface area contributed by atoms with Crippen LogP contribution in [-0.2, 0) is 14.8 Å². The van der Waals surface area contributed by atoms with Crippen LogP contribution < -0.4 is 5.32 Å². The van der Waals surface area contributed by atoms with E-state index >= 15 is 0 Å². The summed E-state index contributed by atoms with van der Waals surface area (Å²) in [5, 5.41) is 2.93. The van der Waals surface area contributed by atoms with Crippen molar-refractivity contribution in [2.24, 2.45) is 0 Å². The Bertz CT molecular complexity index is 544. The first-order valence-corrected chi connectivity index (χ1v) is 6.84. The number of benzene rings is 1. The third kappa shape index (κ3) is 2.59. The molecule has 1 fully saturated rings. The number of carbonyl (C=O) groups excluding carboxylic acids is 1. The van der Waals surface area contributed by atoms with Crippen molar-refractivity contribution >= 4 is 27.5 Å². The summed E-state index contributed by atoms with van der Waals surface area (Å²) in [6.07, 6.45) is 0. The van der Waals surface area contributed by atoms with Gasteiger partial charge in [-0.05, 0) is 18.2 Å². The molecule has 0 atom stereocenters. The van der Waals surface area contributed by atoms with Crippen LogP contribution in [-0.4, -0.2) is 38.3 Å². The smallest absolute Gasteiger partial charge is 0.243 e. The number of carbonyl (C=O) groups is 1. The Morgan fingerprint density at radius 2 is 2.12 bits per heavy atom. The molecular formula is C10H11ClN2O3S. The first kappa shape index (κ1) is 12.3. The number of piperazine rings is 1. The van der Waals surface area contributed by atoms with E-state index in [1.807, 2.05) is 0 Å². The number of hydrogen-bond donors (Lipinski definition) is 1. The van der Waals surface area contributed by atoms with Gasteiger partial charge in [0, 0.05) is 18.1 Å². The Labute approximate surface area is 104 Å². The van der Waals surface area contributed by atoms with Crippen molar-refractivity contribution in [3.8, 4) is 0 Å². The first-order valence-electron chi connectivity index (χ1n) is 5.02. The standard InChI is InChI=1S/C10H11ClN2O3S/c11-8-2-1-3-9(6-8)17(15,16)13-5-4-12-10(14)7-13/h1-3,6H,4-5,7H2,(H,12,14). The first-order chi connectivity index (χ1) is 8.00. The quantitative estimate of drug-likeness (QED) is 0.852. The minimum Gasteiger partial charge on any atom is -0.354 e. The van der Waals surface area contributed by atoms with Crippen molar-refractivity contribution < 1.29 is 13.2 Å². The fraction of sp³-hybridized carbons (Fsp3) is 0.300. The fourth-order valence-electron chi connectivity index (χ4n) is 1.60. The molecule has 1 N–H and O–H groups in total. The largest absolute Gasteiger partial charge is 0.354 e. The summed E-state index contributed by atoms with van der Waals surface area (Å²) in [7, 11) is -3.63. The average molecular weight is 275 g/mol. The lowest BCUT2D eigenvalue weighted by Gasteiger charge is -2.25. The van der Waals surface area contributed by atoms with Crippen LogP contribution in [0, 0.1) is 0 Å². The summed E-state index contributed by atoms with van der Waals surface area (Å²) < 4.78 is 25.5. The van der Waals surface area contributed by atoms with Gasteiger partial charge < -0.3 is 5.32 Å². The Morgan fingerprint density at radius 3 is 2.76 bits per heavy atom. The highest BCUT2D eigenvalue weighted by atomic mass is 35.5. The van der Waals surface area contributed by atoms with E-state index in [9.17, 15) is 13.2 Å². The molecule has 0 saturated carbocycles. The van der Waals surface area contributed by atoms with Crippen molar-refractivity contribution in [2.45, 2.75) is 4.90 Å². The predicted octanol–water partition coefficient (Wildman–Crippen LogP) is 0.460. The lowest BCUT2D eigenvalue weighted by atomic mass is 10.4. The Kier molecular flexibility index (Phi) is 3.37. The molecule has 1 aromatic rings. The normalized spacial score (nSPS) is 17.8. The van der Waals surface area contributed by atoms with Crippen LogP contribution in [0.25, 0.3) is 0 Å². The van der Waals surface area contributed by atoms with E-state index in [2.05, 4.69) is 5.32 Å². The summed E-state index contributed by atoms with van der Waals surface area (Å²) in [5.74, 6) is -0.290. The second-order valence-corrected chi connectivity index (χ2v) is 6.02. The minimum absolute atomic E-state index is 0.111. The third-order valence-corrected chi connectivity index (χ3v) is 4.51. The van der Waals surface area contributed by atoms with E-state index in [-0.39, 0.29) is 23.9 Å². The molecule has 17 heavy (non-hydrogen) atoms. The molecule has 1 saturated heterocycles. The molecule has 0 unspecified atom stereocenters. The summed E-state index contributed by atoms with van der Waals surface area (Å²) in [6.45, 7) is 0.466. The molecule has 0 spiro atoms. The number of nitrogens with zero attached hydrogens (tertiary/aromatic N) is 1. The van der Waals surface area contributed by atoms with Crippen molar-refractivity contribution in [3.05, 3.63) is 29.3 Å². The van der Waals surface area contributed by atoms with Crippen molar-refractivity contribution in [1.82, 2.24) is 9.62 Å². The van der Waals surface area contributed by atoms with Gasteiger partial charge in [-0.1, -0.05) is 17.7 Å². The minimum atomic E-state index is -3.63. The van der Waals surface area contributed by atoms with Gasteiger partial charge in [-0.15, -0.1) is 0 Å². The predicted molar refractivity (Wildman–Crippen MR) is 63.2 cm³/mol. The number of hydrogen-bond acceptors (Lipinski definition) is 3. The zero-order valence-corrected chi connectivity index (χ0v) is 10.5. The van der Waals surface area contributed by atoms with Crippen LogP contribution in [0.1, 0.15) is 0 Å². The SMILES string of the molecule is O=C1CN(S(=O)(=O)c2cccc(Cl)c2)CCN1. The lowest BCUT2D eigenvalue weighted by Crippen LogP contribution is -2.49. The van der Waals surface area contributed by atoms with Gasteiger partial charge in [0.2, 0.25) is 15.9 Å². The van der Waals surface area contributed by atoms with Crippen LogP contribution >= 0.6 is 11.6 Å². The van der Waals surface area contributed by atoms with Crippen molar-refractivity contribution in [1.29, 1.82) is 0 Å². The van der Waals surface area contributed by atoms with Crippen LogP contribution in [0.3, 0.4) is 0 Å². The third-order valence-electron chi connectivity index (χ3n) is 2.44. The molecule has 7 heteroatoms. The molecular weight excluding hydrogens is 264 g/mol. The van der Waals surface area contributed by atoms with Crippen molar-refractivity contribution in [3.63, 3.8) is 0 Å². The van der Waals surface area contributed by atoms with E-state index in [1.54, 1.807) is 12.1 Å². The number of sulfonamides is 1. The van der Waals surface area contributed by atoms with Gasteiger partial charge in [0.15, 0.2) is 0 Å². The van der Waals surface area contributed by atoms with Gasteiger partial charge in [0.05, 0.1) is 11.4 Å². The average Bonchev–Trinajstić information content (AvgIpc) is 2.29. The van der Waals surface area contributed by atoms with Crippen LogP contribution in [0.5, 0.6) is 0 Å². The maximum atomic E-state index is 12.2. The van der Waals surface area contributed by atoms with Gasteiger partial charge in [-0.3, -0.25) is 4.79 Å². The monoisotopic (exact) mass is 274 g/mol. The van der Waals surface area contributed by atoms with E-state index < -0.39 is 10.0 Å². The highest BCUT2D eigenvalue weighted by Gasteiger charge is 2.28. The molecule has 1 aromatic carbocycles. The molecule has 92 valence electrons. The molecule has 1 heterocycles. The fourth-order valence-corrected chi connectivity index (χ4v) is 3.30. The Hall–Kier alpha value is -1.11. The number of rotatable bonds is 2. The molecule has 0 aromatic heterocycles. The summed E-state index contributed by atoms with van der Waals surface area (Å²) in [5.41, 5.74) is 0. The van der Waals surface area contributed by atoms with Crippen molar-refractivity contribution in [2.75, 3.05) is 19.6 Å². The summed E-state index contributed by atoms with van der Waals surface area (Å²) >= 11 is 5.76. The van der Waals surface area contributed by atoms with Crippen LogP contribution in [0.2, 0.25) is 5.02 Å². The molecule has 1 aliphatic heterocycles. The Balaban J connectivity index is 2.33. The summed E-state index contributed by atoms with van der Waals surface area (Å²) in [6, 6.07) is 6.01. The van der Waals surface area contributed by atoms with Gasteiger partial charge in [-0.2, -0.15) is 4.31 Å². The van der Waals surface area contributed by atoms with E-state index in [0.717, 1.165) is 4.31 Å². The number of nitrogens with one attached hydrogen (secondary N) is 1. The highest BCUT2D eigenvalue weighted by Crippen LogP contribution is 2.19. The zero-order valence-electron chi connectivity index (χ0n) is 8.89. The molecule has 1 aliphatic rings. The molecule has 0 radical (unpaired) electrons. The molecule has 1 amide bonds. The molecule has 5 nitrogen and oxygen atoms in total. The van der Waals surface area contributed by atoms with Crippen LogP contribution in [0.15, 0.2) is 29.2 Å². The van der Waals surface area contributed by atoms with E-state index in [0.29, 0.717) is 11.6 Å². The molecule has 0 aliphatic carbocycles. The lowest BCUT2D eigenvalue weighted by molar-refractivity contribution is -0.122. The topological polar surface area (TPSA) is 66.5 Å². The second-order valence-electron chi connectivity index (χ2n) is 3.65. The highest BCUT2D eigenvalue weighted by molar-refractivity contribution is 7.89. The Morgan fingerprint density at radius 1 is 1.35 bits per heavy atom. The van der Waals surface area contributed by atoms with Gasteiger partial charge in [0.25, 0.3) is 0 Å². The van der Waals surface area contributed by atoms with Gasteiger partial charge in [0.1, 0.15) is 0 Å². The van der Waals surface area contributed by atoms with Crippen LogP contribution in [0.4, 0.5) is 0 Å². The number of halogens is 1.